The van der Waals surface area contributed by atoms with Crippen LogP contribution in [0, 0.1) is 0 Å². The quantitative estimate of drug-likeness (QED) is 0.250. The molecule has 0 aliphatic carbocycles. The van der Waals surface area contributed by atoms with E-state index in [0.717, 1.165) is 12.4 Å². The first-order chi connectivity index (χ1) is 8.19. The summed E-state index contributed by atoms with van der Waals surface area (Å²) in [5.41, 5.74) is 6.15. The Morgan fingerprint density at radius 1 is 1.65 bits per heavy atom. The van der Waals surface area contributed by atoms with Crippen LogP contribution in [0.4, 0.5) is 5.82 Å². The second kappa shape index (κ2) is 6.70. The van der Waals surface area contributed by atoms with Gasteiger partial charge < -0.3 is 20.6 Å². The molecule has 0 saturated carbocycles. The Bertz CT molecular complexity index is 381. The van der Waals surface area contributed by atoms with Crippen LogP contribution >= 0.6 is 0 Å². The first-order valence-corrected chi connectivity index (χ1v) is 5.41. The fourth-order valence-corrected chi connectivity index (χ4v) is 1.30. The van der Waals surface area contributed by atoms with Gasteiger partial charge in [-0.1, -0.05) is 5.16 Å². The lowest BCUT2D eigenvalue weighted by Crippen LogP contribution is -2.24. The summed E-state index contributed by atoms with van der Waals surface area (Å²) in [6, 6.07) is 3.45. The summed E-state index contributed by atoms with van der Waals surface area (Å²) in [5.74, 6) is 0.834. The largest absolute Gasteiger partial charge is 0.409 e. The number of rotatable bonds is 6. The van der Waals surface area contributed by atoms with Crippen molar-refractivity contribution in [2.75, 3.05) is 31.7 Å². The predicted octanol–water partition coefficient (Wildman–Crippen LogP) is 0.649. The number of nitrogens with zero attached hydrogens (tertiary/aromatic N) is 3. The molecule has 6 nitrogen and oxygen atoms in total. The Labute approximate surface area is 101 Å². The summed E-state index contributed by atoms with van der Waals surface area (Å²) >= 11 is 0. The molecule has 0 aromatic carbocycles. The van der Waals surface area contributed by atoms with Gasteiger partial charge in [0.2, 0.25) is 0 Å². The lowest BCUT2D eigenvalue weighted by Gasteiger charge is -2.18. The van der Waals surface area contributed by atoms with E-state index in [1.165, 1.54) is 0 Å². The van der Waals surface area contributed by atoms with Crippen LogP contribution in [-0.2, 0) is 4.74 Å². The zero-order valence-electron chi connectivity index (χ0n) is 10.1. The Kier molecular flexibility index (Phi) is 5.22. The number of anilines is 1. The molecule has 0 radical (unpaired) electrons. The van der Waals surface area contributed by atoms with E-state index >= 15 is 0 Å². The van der Waals surface area contributed by atoms with Gasteiger partial charge in [-0.2, -0.15) is 0 Å². The monoisotopic (exact) mass is 238 g/mol. The van der Waals surface area contributed by atoms with Gasteiger partial charge in [-0.3, -0.25) is 0 Å². The number of likely N-dealkylation sites (N-methyl/N-ethyl adjacent to an activating group) is 1. The maximum Gasteiger partial charge on any atom is 0.170 e. The summed E-state index contributed by atoms with van der Waals surface area (Å²) in [6.07, 6.45) is 1.62. The number of nitrogens with two attached hydrogens (primary N) is 1. The minimum absolute atomic E-state index is 0.0758. The highest BCUT2D eigenvalue weighted by atomic mass is 16.5. The van der Waals surface area contributed by atoms with Gasteiger partial charge in [-0.25, -0.2) is 4.98 Å². The fourth-order valence-electron chi connectivity index (χ4n) is 1.30. The molecule has 1 aromatic rings. The molecule has 17 heavy (non-hydrogen) atoms. The molecule has 1 rings (SSSR count). The normalized spacial score (nSPS) is 11.5. The van der Waals surface area contributed by atoms with E-state index in [0.29, 0.717) is 18.8 Å². The summed E-state index contributed by atoms with van der Waals surface area (Å²) in [7, 11) is 1.91. The standard InChI is InChI=1S/C11H18N4O2/c1-3-17-7-6-15(2)10-8-9(4-5-13-10)11(12)14-16/h4-5,8,16H,3,6-7H2,1-2H3,(H2,12,14). The third-order valence-electron chi connectivity index (χ3n) is 2.32. The predicted molar refractivity (Wildman–Crippen MR) is 66.5 cm³/mol. The van der Waals surface area contributed by atoms with Crippen molar-refractivity contribution in [1.29, 1.82) is 0 Å². The van der Waals surface area contributed by atoms with Gasteiger partial charge in [0.1, 0.15) is 5.82 Å². The number of amidine groups is 1. The summed E-state index contributed by atoms with van der Waals surface area (Å²) in [6.45, 7) is 4.03. The summed E-state index contributed by atoms with van der Waals surface area (Å²) in [5, 5.41) is 11.6. The van der Waals surface area contributed by atoms with E-state index in [1.54, 1.807) is 18.3 Å². The molecule has 0 unspecified atom stereocenters. The van der Waals surface area contributed by atoms with Crippen LogP contribution in [0.1, 0.15) is 12.5 Å². The van der Waals surface area contributed by atoms with Crippen LogP contribution in [0.25, 0.3) is 0 Å². The third-order valence-corrected chi connectivity index (χ3v) is 2.32. The van der Waals surface area contributed by atoms with Gasteiger partial charge >= 0.3 is 0 Å². The molecule has 0 atom stereocenters. The van der Waals surface area contributed by atoms with Crippen molar-refractivity contribution in [3.63, 3.8) is 0 Å². The Morgan fingerprint density at radius 3 is 3.06 bits per heavy atom. The minimum atomic E-state index is 0.0758. The van der Waals surface area contributed by atoms with Gasteiger partial charge in [0.15, 0.2) is 5.84 Å². The van der Waals surface area contributed by atoms with Crippen LogP contribution in [0.5, 0.6) is 0 Å². The van der Waals surface area contributed by atoms with Crippen LogP contribution in [0.15, 0.2) is 23.5 Å². The smallest absolute Gasteiger partial charge is 0.170 e. The van der Waals surface area contributed by atoms with Crippen molar-refractivity contribution < 1.29 is 9.94 Å². The lowest BCUT2D eigenvalue weighted by atomic mass is 10.2. The topological polar surface area (TPSA) is 84.0 Å². The highest BCUT2D eigenvalue weighted by Crippen LogP contribution is 2.10. The SMILES string of the molecule is CCOCCN(C)c1cc(/C(N)=N/O)ccn1. The highest BCUT2D eigenvalue weighted by Gasteiger charge is 2.05. The first kappa shape index (κ1) is 13.2. The van der Waals surface area contributed by atoms with Crippen LogP contribution in [0.2, 0.25) is 0 Å². The van der Waals surface area contributed by atoms with Crippen LogP contribution in [0.3, 0.4) is 0 Å². The van der Waals surface area contributed by atoms with E-state index in [9.17, 15) is 0 Å². The van der Waals surface area contributed by atoms with E-state index in [1.807, 2.05) is 18.9 Å². The van der Waals surface area contributed by atoms with Crippen molar-refractivity contribution in [3.05, 3.63) is 23.9 Å². The molecule has 1 aromatic heterocycles. The van der Waals surface area contributed by atoms with Crippen LogP contribution < -0.4 is 10.6 Å². The van der Waals surface area contributed by atoms with Crippen molar-refractivity contribution in [3.8, 4) is 0 Å². The average Bonchev–Trinajstić information content (AvgIpc) is 2.38. The average molecular weight is 238 g/mol. The molecule has 0 bridgehead atoms. The molecular formula is C11H18N4O2. The van der Waals surface area contributed by atoms with Gasteiger partial charge in [0, 0.05) is 32.0 Å². The molecule has 0 spiro atoms. The van der Waals surface area contributed by atoms with Crippen molar-refractivity contribution in [2.24, 2.45) is 10.9 Å². The number of hydrogen-bond acceptors (Lipinski definition) is 5. The van der Waals surface area contributed by atoms with Crippen LogP contribution in [-0.4, -0.2) is 42.8 Å². The fraction of sp³-hybridized carbons (Fsp3) is 0.455. The first-order valence-electron chi connectivity index (χ1n) is 5.41. The van der Waals surface area contributed by atoms with Crippen molar-refractivity contribution >= 4 is 11.7 Å². The van der Waals surface area contributed by atoms with Gasteiger partial charge in [0.05, 0.1) is 6.61 Å². The Hall–Kier alpha value is -1.82. The number of pyridine rings is 1. The number of hydrogen-bond donors (Lipinski definition) is 2. The zero-order chi connectivity index (χ0) is 12.7. The zero-order valence-corrected chi connectivity index (χ0v) is 10.1. The maximum absolute atomic E-state index is 8.60. The highest BCUT2D eigenvalue weighted by molar-refractivity contribution is 5.97. The summed E-state index contributed by atoms with van der Waals surface area (Å²) in [4.78, 5) is 6.16. The second-order valence-electron chi connectivity index (χ2n) is 3.51. The molecule has 3 N–H and O–H groups in total. The number of ether oxygens (including phenoxy) is 1. The van der Waals surface area contributed by atoms with E-state index in [4.69, 9.17) is 15.7 Å². The van der Waals surface area contributed by atoms with Crippen molar-refractivity contribution in [1.82, 2.24) is 4.98 Å². The molecule has 94 valence electrons. The Balaban J connectivity index is 2.70. The Morgan fingerprint density at radius 2 is 2.41 bits per heavy atom. The minimum Gasteiger partial charge on any atom is -0.409 e. The molecule has 0 aliphatic rings. The van der Waals surface area contributed by atoms with E-state index < -0.39 is 0 Å². The number of aromatic nitrogens is 1. The number of oxime groups is 1. The van der Waals surface area contributed by atoms with Crippen molar-refractivity contribution in [2.45, 2.75) is 6.92 Å². The van der Waals surface area contributed by atoms with Gasteiger partial charge in [-0.05, 0) is 19.1 Å². The molecule has 0 fully saturated rings. The van der Waals surface area contributed by atoms with E-state index in [-0.39, 0.29) is 5.84 Å². The third kappa shape index (κ3) is 3.92. The molecule has 0 saturated heterocycles. The maximum atomic E-state index is 8.60. The van der Waals surface area contributed by atoms with Gasteiger partial charge in [0.25, 0.3) is 0 Å². The van der Waals surface area contributed by atoms with E-state index in [2.05, 4.69) is 10.1 Å². The summed E-state index contributed by atoms with van der Waals surface area (Å²) < 4.78 is 5.27. The molecule has 0 aliphatic heterocycles. The lowest BCUT2D eigenvalue weighted by molar-refractivity contribution is 0.154. The van der Waals surface area contributed by atoms with Gasteiger partial charge in [-0.15, -0.1) is 0 Å². The second-order valence-corrected chi connectivity index (χ2v) is 3.51. The molecule has 6 heteroatoms. The molecule has 1 heterocycles. The molecular weight excluding hydrogens is 220 g/mol. The molecule has 0 amide bonds.